The fourth-order valence-electron chi connectivity index (χ4n) is 5.38. The average molecular weight is 551 g/mol. The van der Waals surface area contributed by atoms with Gasteiger partial charge in [0.2, 0.25) is 5.95 Å². The lowest BCUT2D eigenvalue weighted by Gasteiger charge is -2.34. The van der Waals surface area contributed by atoms with Crippen molar-refractivity contribution in [2.45, 2.75) is 20.4 Å². The highest BCUT2D eigenvalue weighted by Gasteiger charge is 2.20. The molecule has 1 aromatic carbocycles. The number of fused-ring (bicyclic) bond motifs is 1. The second-order valence-corrected chi connectivity index (χ2v) is 10.4. The number of anilines is 3. The van der Waals surface area contributed by atoms with Crippen LogP contribution in [0.15, 0.2) is 66.1 Å². The number of benzene rings is 1. The zero-order valence-electron chi connectivity index (χ0n) is 23.9. The molecule has 6 rings (SSSR count). The number of aryl methyl sites for hydroxylation is 2. The Morgan fingerprint density at radius 1 is 1.00 bits per heavy atom. The van der Waals surface area contributed by atoms with Gasteiger partial charge in [-0.3, -0.25) is 9.48 Å². The number of nitrogens with one attached hydrogen (secondary N) is 1. The minimum atomic E-state index is -0.205. The Balaban J connectivity index is 1.37. The molecule has 0 atom stereocenters. The first-order valence-electron chi connectivity index (χ1n) is 13.7. The predicted molar refractivity (Wildman–Crippen MR) is 162 cm³/mol. The summed E-state index contributed by atoms with van der Waals surface area (Å²) >= 11 is 0. The summed E-state index contributed by atoms with van der Waals surface area (Å²) in [6, 6.07) is 14.0. The van der Waals surface area contributed by atoms with E-state index in [4.69, 9.17) is 9.97 Å². The quantitative estimate of drug-likeness (QED) is 0.306. The molecule has 4 aromatic heterocycles. The molecule has 1 aliphatic rings. The number of rotatable bonds is 7. The highest BCUT2D eigenvalue weighted by Crippen LogP contribution is 2.27. The van der Waals surface area contributed by atoms with Crippen molar-refractivity contribution in [3.8, 4) is 17.1 Å². The fraction of sp³-hybridized carbons (Fsp3) is 0.300. The van der Waals surface area contributed by atoms with E-state index in [2.05, 4.69) is 51.0 Å². The average Bonchev–Trinajstić information content (AvgIpc) is 3.39. The smallest absolute Gasteiger partial charge is 0.278 e. The molecule has 0 amide bonds. The first-order valence-corrected chi connectivity index (χ1v) is 13.7. The molecule has 11 heteroatoms. The Morgan fingerprint density at radius 3 is 2.44 bits per heavy atom. The Morgan fingerprint density at radius 2 is 1.76 bits per heavy atom. The van der Waals surface area contributed by atoms with E-state index in [1.54, 1.807) is 21.6 Å². The number of likely N-dealkylation sites (N-methyl/N-ethyl adjacent to an activating group) is 1. The molecule has 1 fully saturated rings. The second kappa shape index (κ2) is 10.7. The van der Waals surface area contributed by atoms with Crippen LogP contribution in [0.5, 0.6) is 0 Å². The highest BCUT2D eigenvalue weighted by atomic mass is 16.1. The van der Waals surface area contributed by atoms with Crippen molar-refractivity contribution < 1.29 is 0 Å². The predicted octanol–water partition coefficient (Wildman–Crippen LogP) is 3.68. The van der Waals surface area contributed by atoms with Gasteiger partial charge in [-0.25, -0.2) is 19.3 Å². The van der Waals surface area contributed by atoms with Gasteiger partial charge in [0.15, 0.2) is 11.5 Å². The summed E-state index contributed by atoms with van der Waals surface area (Å²) < 4.78 is 5.17. The van der Waals surface area contributed by atoms with Gasteiger partial charge in [0.25, 0.3) is 5.56 Å². The molecule has 210 valence electrons. The van der Waals surface area contributed by atoms with Gasteiger partial charge in [0, 0.05) is 62.1 Å². The van der Waals surface area contributed by atoms with E-state index >= 15 is 0 Å². The van der Waals surface area contributed by atoms with Crippen molar-refractivity contribution in [2.24, 2.45) is 7.05 Å². The van der Waals surface area contributed by atoms with Crippen LogP contribution in [0.3, 0.4) is 0 Å². The van der Waals surface area contributed by atoms with Crippen molar-refractivity contribution in [2.75, 3.05) is 43.4 Å². The van der Waals surface area contributed by atoms with Gasteiger partial charge in [-0.2, -0.15) is 10.1 Å². The summed E-state index contributed by atoms with van der Waals surface area (Å²) in [7, 11) is 4.07. The molecular weight excluding hydrogens is 516 g/mol. The Kier molecular flexibility index (Phi) is 6.88. The van der Waals surface area contributed by atoms with Crippen LogP contribution >= 0.6 is 0 Å². The third kappa shape index (κ3) is 4.89. The summed E-state index contributed by atoms with van der Waals surface area (Å²) in [4.78, 5) is 32.3. The molecule has 1 saturated heterocycles. The van der Waals surface area contributed by atoms with Crippen molar-refractivity contribution in [1.82, 2.24) is 39.0 Å². The van der Waals surface area contributed by atoms with E-state index in [0.717, 1.165) is 54.5 Å². The minimum Gasteiger partial charge on any atom is -0.369 e. The lowest BCUT2D eigenvalue weighted by atomic mass is 10.1. The van der Waals surface area contributed by atoms with Gasteiger partial charge < -0.3 is 15.1 Å². The number of allylic oxidation sites excluding steroid dienone is 1. The molecule has 5 aromatic rings. The van der Waals surface area contributed by atoms with E-state index in [0.29, 0.717) is 29.3 Å². The van der Waals surface area contributed by atoms with E-state index in [-0.39, 0.29) is 5.56 Å². The highest BCUT2D eigenvalue weighted by molar-refractivity contribution is 5.77. The van der Waals surface area contributed by atoms with Gasteiger partial charge >= 0.3 is 0 Å². The summed E-state index contributed by atoms with van der Waals surface area (Å²) in [6.07, 6.45) is 3.26. The zero-order chi connectivity index (χ0) is 28.7. The third-order valence-corrected chi connectivity index (χ3v) is 7.69. The molecule has 0 radical (unpaired) electrons. The van der Waals surface area contributed by atoms with E-state index in [1.807, 2.05) is 55.9 Å². The van der Waals surface area contributed by atoms with Crippen LogP contribution in [-0.4, -0.2) is 72.2 Å². The van der Waals surface area contributed by atoms with Crippen LogP contribution in [0.2, 0.25) is 0 Å². The molecule has 0 saturated carbocycles. The fourth-order valence-corrected chi connectivity index (χ4v) is 5.38. The molecule has 41 heavy (non-hydrogen) atoms. The normalized spacial score (nSPS) is 14.1. The standard InChI is InChI=1S/C30H34N10O/c1-6-14-39-29(41)24-19-31-30(32-22-10-12-23(13-11-22)38-17-15-36(4)16-18-38)34-28(24)40(39)26-9-7-8-25(33-26)27-20(2)35-37(5)21(27)3/h6-13,19H,1,14-18H2,2-5H3,(H,31,32,34). The molecule has 0 bridgehead atoms. The van der Waals surface area contributed by atoms with E-state index in [1.165, 1.54) is 5.69 Å². The Labute approximate surface area is 238 Å². The number of nitrogens with zero attached hydrogens (tertiary/aromatic N) is 9. The van der Waals surface area contributed by atoms with Crippen molar-refractivity contribution in [3.63, 3.8) is 0 Å². The number of hydrogen-bond donors (Lipinski definition) is 1. The number of pyridine rings is 1. The largest absolute Gasteiger partial charge is 0.369 e. The topological polar surface area (TPSA) is 102 Å². The van der Waals surface area contributed by atoms with Gasteiger partial charge in [0.1, 0.15) is 5.39 Å². The molecule has 1 N–H and O–H groups in total. The number of hydrogen-bond acceptors (Lipinski definition) is 8. The van der Waals surface area contributed by atoms with Gasteiger partial charge in [-0.05, 0) is 57.3 Å². The van der Waals surface area contributed by atoms with Crippen LogP contribution < -0.4 is 15.8 Å². The van der Waals surface area contributed by atoms with Crippen LogP contribution in [0.25, 0.3) is 28.1 Å². The first-order chi connectivity index (χ1) is 19.8. The van der Waals surface area contributed by atoms with Gasteiger partial charge in [0.05, 0.1) is 17.9 Å². The van der Waals surface area contributed by atoms with E-state index in [9.17, 15) is 4.79 Å². The molecular formula is C30H34N10O. The third-order valence-electron chi connectivity index (χ3n) is 7.69. The molecule has 1 aliphatic heterocycles. The molecule has 0 unspecified atom stereocenters. The summed E-state index contributed by atoms with van der Waals surface area (Å²) in [6.45, 7) is 12.3. The Bertz CT molecular complexity index is 1790. The van der Waals surface area contributed by atoms with Gasteiger partial charge in [-0.1, -0.05) is 12.1 Å². The molecule has 0 spiro atoms. The maximum absolute atomic E-state index is 13.4. The maximum Gasteiger partial charge on any atom is 0.278 e. The van der Waals surface area contributed by atoms with Gasteiger partial charge in [-0.15, -0.1) is 6.58 Å². The first kappa shape index (κ1) is 26.5. The summed E-state index contributed by atoms with van der Waals surface area (Å²) in [5, 5.41) is 8.25. The van der Waals surface area contributed by atoms with Crippen molar-refractivity contribution in [3.05, 3.63) is 83.1 Å². The number of aromatic nitrogens is 7. The second-order valence-electron chi connectivity index (χ2n) is 10.4. The summed E-state index contributed by atoms with van der Waals surface area (Å²) in [5.41, 5.74) is 5.98. The lowest BCUT2D eigenvalue weighted by molar-refractivity contribution is 0.313. The summed E-state index contributed by atoms with van der Waals surface area (Å²) in [5.74, 6) is 0.963. The zero-order valence-corrected chi connectivity index (χ0v) is 23.9. The van der Waals surface area contributed by atoms with E-state index < -0.39 is 0 Å². The molecule has 0 aliphatic carbocycles. The van der Waals surface area contributed by atoms with Crippen molar-refractivity contribution >= 4 is 28.4 Å². The van der Waals surface area contributed by atoms with Crippen molar-refractivity contribution in [1.29, 1.82) is 0 Å². The monoisotopic (exact) mass is 550 g/mol. The Hall–Kier alpha value is -4.77. The van der Waals surface area contributed by atoms with Crippen LogP contribution in [0.4, 0.5) is 17.3 Å². The number of piperazine rings is 1. The minimum absolute atomic E-state index is 0.205. The SMILES string of the molecule is C=CCn1c(=O)c2cnc(Nc3ccc(N4CCN(C)CC4)cc3)nc2n1-c1cccc(-c2c(C)nn(C)c2C)n1. The maximum atomic E-state index is 13.4. The van der Waals surface area contributed by atoms with Crippen LogP contribution in [-0.2, 0) is 13.6 Å². The van der Waals surface area contributed by atoms with Crippen LogP contribution in [0.1, 0.15) is 11.4 Å². The van der Waals surface area contributed by atoms with Crippen LogP contribution in [0, 0.1) is 13.8 Å². The lowest BCUT2D eigenvalue weighted by Crippen LogP contribution is -2.44. The molecule has 5 heterocycles. The molecule has 11 nitrogen and oxygen atoms in total.